The fraction of sp³-hybridized carbons (Fsp3) is 0.200. The maximum atomic E-state index is 12.0. The van der Waals surface area contributed by atoms with E-state index in [0.717, 1.165) is 14.7 Å². The van der Waals surface area contributed by atoms with Crippen molar-refractivity contribution in [1.82, 2.24) is 0 Å². The molecule has 0 aliphatic carbocycles. The highest BCUT2D eigenvalue weighted by Gasteiger charge is 2.24. The van der Waals surface area contributed by atoms with Crippen LogP contribution in [0.25, 0.3) is 6.08 Å². The van der Waals surface area contributed by atoms with Gasteiger partial charge in [-0.15, -0.1) is 0 Å². The normalized spacial score (nSPS) is 16.2. The SMILES string of the molecule is CC(C)(C)c1ccc(C2=N/C(=C/c3ccc(I)cc3)C(=O)O2)cc1. The number of carbonyl (C=O) groups excluding carboxylic acids is 1. The van der Waals surface area contributed by atoms with E-state index in [9.17, 15) is 4.79 Å². The van der Waals surface area contributed by atoms with E-state index in [0.29, 0.717) is 11.6 Å². The summed E-state index contributed by atoms with van der Waals surface area (Å²) in [4.78, 5) is 16.4. The number of aliphatic imine (C=N–C) groups is 1. The summed E-state index contributed by atoms with van der Waals surface area (Å²) >= 11 is 2.24. The van der Waals surface area contributed by atoms with Crippen molar-refractivity contribution < 1.29 is 9.53 Å². The van der Waals surface area contributed by atoms with Gasteiger partial charge in [-0.05, 0) is 69.5 Å². The van der Waals surface area contributed by atoms with Gasteiger partial charge in [-0.25, -0.2) is 9.79 Å². The molecule has 0 saturated heterocycles. The molecule has 3 rings (SSSR count). The standard InChI is InChI=1S/C20H18INO2/c1-20(2,3)15-8-6-14(7-9-15)18-22-17(19(23)24-18)12-13-4-10-16(21)11-5-13/h4-12H,1-3H3/b17-12+. The van der Waals surface area contributed by atoms with Gasteiger partial charge in [0.05, 0.1) is 0 Å². The minimum absolute atomic E-state index is 0.0859. The van der Waals surface area contributed by atoms with Crippen LogP contribution >= 0.6 is 22.6 Å². The van der Waals surface area contributed by atoms with Crippen molar-refractivity contribution in [1.29, 1.82) is 0 Å². The molecule has 1 aliphatic rings. The van der Waals surface area contributed by atoms with Gasteiger partial charge in [0.2, 0.25) is 5.90 Å². The van der Waals surface area contributed by atoms with Crippen LogP contribution in [0.1, 0.15) is 37.5 Å². The van der Waals surface area contributed by atoms with Crippen molar-refractivity contribution >= 4 is 40.5 Å². The monoisotopic (exact) mass is 431 g/mol. The van der Waals surface area contributed by atoms with E-state index < -0.39 is 5.97 Å². The summed E-state index contributed by atoms with van der Waals surface area (Å²) < 4.78 is 6.47. The van der Waals surface area contributed by atoms with Crippen molar-refractivity contribution in [3.8, 4) is 0 Å². The lowest BCUT2D eigenvalue weighted by atomic mass is 9.87. The zero-order chi connectivity index (χ0) is 17.3. The molecule has 0 radical (unpaired) electrons. The minimum Gasteiger partial charge on any atom is -0.402 e. The van der Waals surface area contributed by atoms with Crippen molar-refractivity contribution in [2.45, 2.75) is 26.2 Å². The minimum atomic E-state index is -0.413. The summed E-state index contributed by atoms with van der Waals surface area (Å²) in [6, 6.07) is 15.9. The van der Waals surface area contributed by atoms with Gasteiger partial charge in [0, 0.05) is 9.13 Å². The van der Waals surface area contributed by atoms with Gasteiger partial charge in [0.25, 0.3) is 0 Å². The Morgan fingerprint density at radius 2 is 1.62 bits per heavy atom. The van der Waals surface area contributed by atoms with Crippen LogP contribution in [0.2, 0.25) is 0 Å². The Hall–Kier alpha value is -1.95. The van der Waals surface area contributed by atoms with Crippen LogP contribution in [0, 0.1) is 3.57 Å². The van der Waals surface area contributed by atoms with Crippen molar-refractivity contribution in [2.75, 3.05) is 0 Å². The molecular formula is C20H18INO2. The molecule has 24 heavy (non-hydrogen) atoms. The van der Waals surface area contributed by atoms with Gasteiger partial charge < -0.3 is 4.74 Å². The largest absolute Gasteiger partial charge is 0.402 e. The third kappa shape index (κ3) is 3.75. The molecule has 2 aromatic rings. The molecule has 4 heteroatoms. The molecule has 1 heterocycles. The average molecular weight is 431 g/mol. The zero-order valence-electron chi connectivity index (χ0n) is 13.8. The second-order valence-corrected chi connectivity index (χ2v) is 7.96. The number of nitrogens with zero attached hydrogens (tertiary/aromatic N) is 1. The van der Waals surface area contributed by atoms with E-state index in [4.69, 9.17) is 4.74 Å². The molecule has 3 nitrogen and oxygen atoms in total. The maximum absolute atomic E-state index is 12.0. The summed E-state index contributed by atoms with van der Waals surface area (Å²) in [6.45, 7) is 6.49. The van der Waals surface area contributed by atoms with Crippen LogP contribution in [0.3, 0.4) is 0 Å². The molecular weight excluding hydrogens is 413 g/mol. The lowest BCUT2D eigenvalue weighted by molar-refractivity contribution is -0.129. The van der Waals surface area contributed by atoms with Crippen molar-refractivity contribution in [3.05, 3.63) is 74.5 Å². The van der Waals surface area contributed by atoms with Crippen LogP contribution in [0.5, 0.6) is 0 Å². The number of esters is 1. The van der Waals surface area contributed by atoms with E-state index in [2.05, 4.69) is 48.4 Å². The van der Waals surface area contributed by atoms with E-state index in [1.807, 2.05) is 48.5 Å². The van der Waals surface area contributed by atoms with Crippen LogP contribution in [0.4, 0.5) is 0 Å². The topological polar surface area (TPSA) is 38.7 Å². The third-order valence-electron chi connectivity index (χ3n) is 3.79. The lowest BCUT2D eigenvalue weighted by Gasteiger charge is -2.18. The Balaban J connectivity index is 1.87. The molecule has 0 bridgehead atoms. The van der Waals surface area contributed by atoms with Gasteiger partial charge in [-0.2, -0.15) is 0 Å². The summed E-state index contributed by atoms with van der Waals surface area (Å²) in [5.74, 6) is -0.0549. The summed E-state index contributed by atoms with van der Waals surface area (Å²) in [6.07, 6.45) is 1.74. The van der Waals surface area contributed by atoms with Gasteiger partial charge in [-0.1, -0.05) is 45.0 Å². The Labute approximate surface area is 155 Å². The average Bonchev–Trinajstić information content (AvgIpc) is 2.90. The number of halogens is 1. The molecule has 0 aromatic heterocycles. The summed E-state index contributed by atoms with van der Waals surface area (Å²) in [5, 5.41) is 0. The molecule has 2 aromatic carbocycles. The van der Waals surface area contributed by atoms with Crippen molar-refractivity contribution in [2.24, 2.45) is 4.99 Å². The molecule has 0 N–H and O–H groups in total. The predicted octanol–water partition coefficient (Wildman–Crippen LogP) is 4.93. The first-order chi connectivity index (χ1) is 11.3. The fourth-order valence-electron chi connectivity index (χ4n) is 2.36. The Kier molecular flexibility index (Phi) is 4.58. The second-order valence-electron chi connectivity index (χ2n) is 6.71. The Morgan fingerprint density at radius 1 is 1.00 bits per heavy atom. The fourth-order valence-corrected chi connectivity index (χ4v) is 2.72. The quantitative estimate of drug-likeness (QED) is 0.384. The third-order valence-corrected chi connectivity index (χ3v) is 4.51. The van der Waals surface area contributed by atoms with E-state index >= 15 is 0 Å². The first-order valence-corrected chi connectivity index (χ1v) is 8.80. The second kappa shape index (κ2) is 6.51. The molecule has 122 valence electrons. The Morgan fingerprint density at radius 3 is 2.21 bits per heavy atom. The highest BCUT2D eigenvalue weighted by atomic mass is 127. The first kappa shape index (κ1) is 16.9. The predicted molar refractivity (Wildman–Crippen MR) is 105 cm³/mol. The van der Waals surface area contributed by atoms with Gasteiger partial charge in [0.15, 0.2) is 5.70 Å². The number of carbonyl (C=O) groups is 1. The van der Waals surface area contributed by atoms with E-state index in [1.54, 1.807) is 6.08 Å². The van der Waals surface area contributed by atoms with Crippen molar-refractivity contribution in [3.63, 3.8) is 0 Å². The number of benzene rings is 2. The molecule has 0 fully saturated rings. The van der Waals surface area contributed by atoms with Crippen LogP contribution < -0.4 is 0 Å². The number of hydrogen-bond acceptors (Lipinski definition) is 3. The summed E-state index contributed by atoms with van der Waals surface area (Å²) in [5.41, 5.74) is 3.37. The highest BCUT2D eigenvalue weighted by Crippen LogP contribution is 2.24. The smallest absolute Gasteiger partial charge is 0.363 e. The van der Waals surface area contributed by atoms with E-state index in [1.165, 1.54) is 5.56 Å². The number of ether oxygens (including phenoxy) is 1. The Bertz CT molecular complexity index is 825. The zero-order valence-corrected chi connectivity index (χ0v) is 16.0. The molecule has 0 saturated carbocycles. The number of hydrogen-bond donors (Lipinski definition) is 0. The first-order valence-electron chi connectivity index (χ1n) is 7.72. The molecule has 0 atom stereocenters. The number of cyclic esters (lactones) is 1. The number of rotatable bonds is 2. The van der Waals surface area contributed by atoms with Gasteiger partial charge >= 0.3 is 5.97 Å². The molecule has 0 unspecified atom stereocenters. The molecule has 1 aliphatic heterocycles. The van der Waals surface area contributed by atoms with Crippen LogP contribution in [0.15, 0.2) is 59.2 Å². The van der Waals surface area contributed by atoms with E-state index in [-0.39, 0.29) is 5.41 Å². The van der Waals surface area contributed by atoms with Crippen LogP contribution in [-0.4, -0.2) is 11.9 Å². The van der Waals surface area contributed by atoms with Gasteiger partial charge in [0.1, 0.15) is 0 Å². The molecule has 0 spiro atoms. The van der Waals surface area contributed by atoms with Gasteiger partial charge in [-0.3, -0.25) is 0 Å². The lowest BCUT2D eigenvalue weighted by Crippen LogP contribution is -2.11. The molecule has 0 amide bonds. The highest BCUT2D eigenvalue weighted by molar-refractivity contribution is 14.1. The maximum Gasteiger partial charge on any atom is 0.363 e. The van der Waals surface area contributed by atoms with Crippen LogP contribution in [-0.2, 0) is 14.9 Å². The summed E-state index contributed by atoms with van der Waals surface area (Å²) in [7, 11) is 0.